The van der Waals surface area contributed by atoms with Crippen LogP contribution < -0.4 is 0 Å². The summed E-state index contributed by atoms with van der Waals surface area (Å²) in [5.74, 6) is -6.75. The van der Waals surface area contributed by atoms with Crippen molar-refractivity contribution in [3.63, 3.8) is 0 Å². The van der Waals surface area contributed by atoms with Crippen molar-refractivity contribution in [1.29, 1.82) is 0 Å². The Morgan fingerprint density at radius 3 is 2.79 bits per heavy atom. The summed E-state index contributed by atoms with van der Waals surface area (Å²) >= 11 is 0. The Bertz CT molecular complexity index is 981. The highest BCUT2D eigenvalue weighted by Gasteiger charge is 2.40. The maximum absolute atomic E-state index is 13.6. The lowest BCUT2D eigenvalue weighted by molar-refractivity contribution is -0.152. The molecule has 1 aromatic rings. The van der Waals surface area contributed by atoms with E-state index in [9.17, 15) is 9.59 Å². The second kappa shape index (κ2) is 6.23. The number of carbonyl (C=O) groups excluding carboxylic acids is 2. The summed E-state index contributed by atoms with van der Waals surface area (Å²) in [5.41, 5.74) is 1.86. The van der Waals surface area contributed by atoms with Gasteiger partial charge in [-0.2, -0.15) is 0 Å². The molecule has 0 bridgehead atoms. The summed E-state index contributed by atoms with van der Waals surface area (Å²) in [6.45, 7) is 0.805. The third-order valence-corrected chi connectivity index (χ3v) is 4.82. The highest BCUT2D eigenvalue weighted by atomic mass is 16.2. The zero-order valence-corrected chi connectivity index (χ0v) is 13.5. The topological polar surface area (TPSA) is 40.6 Å². The smallest absolute Gasteiger partial charge is 0.242 e. The molecule has 0 spiro atoms. The highest BCUT2D eigenvalue weighted by molar-refractivity contribution is 5.87. The predicted molar refractivity (Wildman–Crippen MR) is 92.3 cm³/mol. The van der Waals surface area contributed by atoms with Gasteiger partial charge in [-0.15, -0.1) is 0 Å². The first-order valence-electron chi connectivity index (χ1n) is 12.7. The van der Waals surface area contributed by atoms with E-state index in [-0.39, 0.29) is 12.5 Å². The lowest BCUT2D eigenvalue weighted by Gasteiger charge is -2.45. The molecule has 0 N–H and O–H groups in total. The Hall–Kier alpha value is -1.84. The lowest BCUT2D eigenvalue weighted by Crippen LogP contribution is -2.56. The SMILES string of the molecule is [2H]C1([2H])C(C(=O)N2CC(=O)N3CCc4ccccc4C3C2)C([2H])([2H])C([2H])([2H])C([2H])(C)C1([2H])[2H]. The van der Waals surface area contributed by atoms with E-state index in [2.05, 4.69) is 0 Å². The summed E-state index contributed by atoms with van der Waals surface area (Å²) < 4.78 is 74.8. The highest BCUT2D eigenvalue weighted by Crippen LogP contribution is 2.35. The molecule has 1 aliphatic carbocycles. The van der Waals surface area contributed by atoms with E-state index in [0.29, 0.717) is 13.0 Å². The Morgan fingerprint density at radius 2 is 2.00 bits per heavy atom. The standard InChI is InChI=1S/C20H26N2O2/c1-14-6-8-16(9-7-14)20(24)21-12-18-17-5-3-2-4-15(17)10-11-22(18)19(23)13-21/h2-5,14,16,18H,6-13H2,1H3/i6D2,7D2,8D2,9D2,14D. The Morgan fingerprint density at radius 1 is 1.25 bits per heavy atom. The van der Waals surface area contributed by atoms with E-state index in [1.165, 1.54) is 0 Å². The number of rotatable bonds is 1. The van der Waals surface area contributed by atoms with Crippen molar-refractivity contribution in [1.82, 2.24) is 9.80 Å². The molecule has 4 nitrogen and oxygen atoms in total. The second-order valence-corrected chi connectivity index (χ2v) is 6.37. The number of piperazine rings is 1. The van der Waals surface area contributed by atoms with Gasteiger partial charge >= 0.3 is 0 Å². The van der Waals surface area contributed by atoms with Gasteiger partial charge in [0.25, 0.3) is 0 Å². The van der Waals surface area contributed by atoms with Crippen LogP contribution in [-0.2, 0) is 16.0 Å². The van der Waals surface area contributed by atoms with Crippen LogP contribution in [0.3, 0.4) is 0 Å². The van der Waals surface area contributed by atoms with E-state index in [1.54, 1.807) is 4.90 Å². The number of hydrogen-bond donors (Lipinski definition) is 0. The van der Waals surface area contributed by atoms with E-state index in [4.69, 9.17) is 12.3 Å². The van der Waals surface area contributed by atoms with E-state index in [0.717, 1.165) is 23.0 Å². The number of fused-ring (bicyclic) bond motifs is 3. The minimum absolute atomic E-state index is 0.0333. The molecule has 2 amide bonds. The van der Waals surface area contributed by atoms with Crippen molar-refractivity contribution in [3.05, 3.63) is 35.4 Å². The normalized spacial score (nSPS) is 46.9. The molecule has 1 aromatic carbocycles. The maximum atomic E-state index is 13.6. The molecule has 24 heavy (non-hydrogen) atoms. The third-order valence-electron chi connectivity index (χ3n) is 4.82. The first-order chi connectivity index (χ1) is 15.0. The number of benzene rings is 1. The van der Waals surface area contributed by atoms with Crippen LogP contribution in [0.1, 0.15) is 61.9 Å². The molecular weight excluding hydrogens is 300 g/mol. The zero-order valence-electron chi connectivity index (χ0n) is 22.5. The number of nitrogens with zero attached hydrogens (tertiary/aromatic N) is 2. The van der Waals surface area contributed by atoms with Gasteiger partial charge in [-0.25, -0.2) is 0 Å². The van der Waals surface area contributed by atoms with Gasteiger partial charge in [-0.3, -0.25) is 9.59 Å². The molecule has 128 valence electrons. The van der Waals surface area contributed by atoms with Crippen LogP contribution in [-0.4, -0.2) is 41.2 Å². The molecule has 2 aliphatic heterocycles. The van der Waals surface area contributed by atoms with Crippen molar-refractivity contribution in [3.8, 4) is 0 Å². The molecule has 0 aromatic heterocycles. The Balaban J connectivity index is 1.75. The summed E-state index contributed by atoms with van der Waals surface area (Å²) in [4.78, 5) is 29.1. The number of carbonyl (C=O) groups is 2. The second-order valence-electron chi connectivity index (χ2n) is 6.37. The Kier molecular flexibility index (Phi) is 2.21. The number of amides is 2. The fourth-order valence-corrected chi connectivity index (χ4v) is 3.58. The van der Waals surface area contributed by atoms with Crippen LogP contribution in [0.4, 0.5) is 0 Å². The van der Waals surface area contributed by atoms with Gasteiger partial charge in [-0.1, -0.05) is 31.2 Å². The predicted octanol–water partition coefficient (Wildman–Crippen LogP) is 2.78. The molecule has 2 heterocycles. The first-order valence-corrected chi connectivity index (χ1v) is 8.16. The lowest BCUT2D eigenvalue weighted by atomic mass is 9.82. The average molecular weight is 335 g/mol. The van der Waals surface area contributed by atoms with Crippen LogP contribution >= 0.6 is 0 Å². The van der Waals surface area contributed by atoms with Gasteiger partial charge in [-0.05, 0) is 48.9 Å². The minimum atomic E-state index is -3.21. The first kappa shape index (κ1) is 8.50. The van der Waals surface area contributed by atoms with Gasteiger partial charge in [0.05, 0.1) is 12.6 Å². The van der Waals surface area contributed by atoms with E-state index >= 15 is 0 Å². The fourth-order valence-electron chi connectivity index (χ4n) is 3.58. The molecule has 1 saturated heterocycles. The van der Waals surface area contributed by atoms with Gasteiger partial charge in [0, 0.05) is 31.3 Å². The van der Waals surface area contributed by atoms with Gasteiger partial charge in [0.15, 0.2) is 0 Å². The largest absolute Gasteiger partial charge is 0.332 e. The molecule has 0 radical (unpaired) electrons. The molecule has 3 aliphatic rings. The summed E-state index contributed by atoms with van der Waals surface area (Å²) in [5, 5.41) is 0. The zero-order chi connectivity index (χ0) is 24.8. The van der Waals surface area contributed by atoms with Crippen molar-refractivity contribution in [2.45, 2.75) is 44.9 Å². The van der Waals surface area contributed by atoms with Crippen LogP contribution in [0.5, 0.6) is 0 Å². The summed E-state index contributed by atoms with van der Waals surface area (Å²) in [7, 11) is 0. The van der Waals surface area contributed by atoms with Crippen LogP contribution in [0, 0.1) is 11.8 Å². The van der Waals surface area contributed by atoms with Crippen molar-refractivity contribution in [2.75, 3.05) is 19.6 Å². The van der Waals surface area contributed by atoms with Gasteiger partial charge in [0.1, 0.15) is 0 Å². The number of hydrogen-bond acceptors (Lipinski definition) is 2. The van der Waals surface area contributed by atoms with Gasteiger partial charge < -0.3 is 9.80 Å². The average Bonchev–Trinajstić information content (AvgIpc) is 2.71. The molecule has 1 unspecified atom stereocenters. The Labute approximate surface area is 156 Å². The molecule has 4 heteroatoms. The third kappa shape index (κ3) is 2.72. The summed E-state index contributed by atoms with van der Waals surface area (Å²) in [6, 6.07) is 6.94. The van der Waals surface area contributed by atoms with E-state index in [1.807, 2.05) is 24.3 Å². The van der Waals surface area contributed by atoms with Crippen molar-refractivity contribution in [2.24, 2.45) is 11.8 Å². The monoisotopic (exact) mass is 335 g/mol. The van der Waals surface area contributed by atoms with E-state index < -0.39 is 55.8 Å². The fraction of sp³-hybridized carbons (Fsp3) is 0.600. The molecule has 1 atom stereocenters. The minimum Gasteiger partial charge on any atom is -0.332 e. The molecule has 2 fully saturated rings. The summed E-state index contributed by atoms with van der Waals surface area (Å²) in [6.07, 6.45) is -12.2. The molecule has 1 saturated carbocycles. The molecule has 4 rings (SSSR count). The van der Waals surface area contributed by atoms with Gasteiger partial charge in [0.2, 0.25) is 11.8 Å². The van der Waals surface area contributed by atoms with Crippen LogP contribution in [0.25, 0.3) is 0 Å². The molecular formula is C20H26N2O2. The van der Waals surface area contributed by atoms with Crippen LogP contribution in [0.15, 0.2) is 24.3 Å². The van der Waals surface area contributed by atoms with Crippen molar-refractivity contribution < 1.29 is 21.9 Å². The van der Waals surface area contributed by atoms with Crippen molar-refractivity contribution >= 4 is 11.8 Å². The maximum Gasteiger partial charge on any atom is 0.242 e. The quantitative estimate of drug-likeness (QED) is 0.792. The van der Waals surface area contributed by atoms with Crippen LogP contribution in [0.2, 0.25) is 0 Å².